The van der Waals surface area contributed by atoms with E-state index in [1.807, 2.05) is 47.8 Å². The summed E-state index contributed by atoms with van der Waals surface area (Å²) in [5, 5.41) is 2.69. The molecular formula is C14H20N2O3S3. The first kappa shape index (κ1) is 17.7. The van der Waals surface area contributed by atoms with Crippen molar-refractivity contribution in [2.45, 2.75) is 11.0 Å². The standard InChI is InChI=1S/C14H20N2O3S3/c1-22(18,19)16-8-7-15-13(17)11-3-5-12(6-4-11)14-20-9-2-10-21-14/h3-6,14,16H,2,7-10H2,1H3,(H,15,17). The lowest BCUT2D eigenvalue weighted by molar-refractivity contribution is 0.0954. The Morgan fingerprint density at radius 2 is 1.82 bits per heavy atom. The van der Waals surface area contributed by atoms with Gasteiger partial charge in [-0.25, -0.2) is 13.1 Å². The van der Waals surface area contributed by atoms with Gasteiger partial charge in [0.15, 0.2) is 0 Å². The third-order valence-electron chi connectivity index (χ3n) is 3.05. The Bertz CT molecular complexity index is 596. The minimum absolute atomic E-state index is 0.189. The van der Waals surface area contributed by atoms with Crippen molar-refractivity contribution in [2.75, 3.05) is 30.9 Å². The molecule has 1 aromatic rings. The van der Waals surface area contributed by atoms with Crippen LogP contribution in [0, 0.1) is 0 Å². The molecule has 1 fully saturated rings. The number of hydrogen-bond acceptors (Lipinski definition) is 5. The highest BCUT2D eigenvalue weighted by molar-refractivity contribution is 8.16. The van der Waals surface area contributed by atoms with E-state index in [1.165, 1.54) is 23.5 Å². The van der Waals surface area contributed by atoms with Gasteiger partial charge < -0.3 is 5.32 Å². The summed E-state index contributed by atoms with van der Waals surface area (Å²) < 4.78 is 24.6. The maximum Gasteiger partial charge on any atom is 0.251 e. The minimum atomic E-state index is -3.21. The van der Waals surface area contributed by atoms with E-state index in [1.54, 1.807) is 0 Å². The molecule has 0 aliphatic carbocycles. The number of amides is 1. The highest BCUT2D eigenvalue weighted by atomic mass is 32.2. The second-order valence-electron chi connectivity index (χ2n) is 4.97. The molecule has 1 aliphatic rings. The maximum absolute atomic E-state index is 12.0. The molecule has 0 unspecified atom stereocenters. The summed E-state index contributed by atoms with van der Waals surface area (Å²) in [6.07, 6.45) is 2.35. The van der Waals surface area contributed by atoms with Crippen molar-refractivity contribution in [3.05, 3.63) is 35.4 Å². The highest BCUT2D eigenvalue weighted by Gasteiger charge is 2.16. The van der Waals surface area contributed by atoms with Gasteiger partial charge >= 0.3 is 0 Å². The van der Waals surface area contributed by atoms with E-state index in [2.05, 4.69) is 10.0 Å². The fourth-order valence-corrected chi connectivity index (χ4v) is 5.35. The number of benzene rings is 1. The number of rotatable bonds is 6. The highest BCUT2D eigenvalue weighted by Crippen LogP contribution is 2.43. The molecule has 1 heterocycles. The van der Waals surface area contributed by atoms with Crippen molar-refractivity contribution < 1.29 is 13.2 Å². The van der Waals surface area contributed by atoms with Crippen LogP contribution >= 0.6 is 23.5 Å². The summed E-state index contributed by atoms with van der Waals surface area (Å²) in [4.78, 5) is 12.0. The molecule has 22 heavy (non-hydrogen) atoms. The maximum atomic E-state index is 12.0. The largest absolute Gasteiger partial charge is 0.351 e. The predicted octanol–water partition coefficient (Wildman–Crippen LogP) is 1.83. The Hall–Kier alpha value is -0.700. The van der Waals surface area contributed by atoms with Crippen molar-refractivity contribution in [3.63, 3.8) is 0 Å². The molecule has 8 heteroatoms. The summed E-state index contributed by atoms with van der Waals surface area (Å²) in [6, 6.07) is 7.65. The van der Waals surface area contributed by atoms with Gasteiger partial charge in [-0.2, -0.15) is 0 Å². The Labute approximate surface area is 140 Å². The minimum Gasteiger partial charge on any atom is -0.351 e. The second-order valence-corrected chi connectivity index (χ2v) is 9.53. The van der Waals surface area contributed by atoms with E-state index in [0.717, 1.165) is 6.26 Å². The molecule has 0 radical (unpaired) electrons. The number of thioether (sulfide) groups is 2. The average Bonchev–Trinajstić information content (AvgIpc) is 2.51. The van der Waals surface area contributed by atoms with Gasteiger partial charge in [-0.15, -0.1) is 23.5 Å². The second kappa shape index (κ2) is 8.24. The van der Waals surface area contributed by atoms with Crippen LogP contribution in [0.4, 0.5) is 0 Å². The van der Waals surface area contributed by atoms with Gasteiger partial charge in [0.2, 0.25) is 10.0 Å². The zero-order valence-corrected chi connectivity index (χ0v) is 14.8. The fraction of sp³-hybridized carbons (Fsp3) is 0.500. The van der Waals surface area contributed by atoms with Gasteiger partial charge in [-0.3, -0.25) is 4.79 Å². The monoisotopic (exact) mass is 360 g/mol. The van der Waals surface area contributed by atoms with Crippen LogP contribution in [0.1, 0.15) is 26.9 Å². The van der Waals surface area contributed by atoms with Crippen LogP contribution in [0.15, 0.2) is 24.3 Å². The molecule has 2 rings (SSSR count). The van der Waals surface area contributed by atoms with E-state index >= 15 is 0 Å². The topological polar surface area (TPSA) is 75.3 Å². The van der Waals surface area contributed by atoms with Crippen LogP contribution in [-0.4, -0.2) is 45.2 Å². The van der Waals surface area contributed by atoms with Gasteiger partial charge in [0.05, 0.1) is 10.8 Å². The van der Waals surface area contributed by atoms with Crippen molar-refractivity contribution in [3.8, 4) is 0 Å². The molecule has 0 bridgehead atoms. The van der Waals surface area contributed by atoms with E-state index in [-0.39, 0.29) is 19.0 Å². The van der Waals surface area contributed by atoms with Crippen molar-refractivity contribution in [1.29, 1.82) is 0 Å². The zero-order chi connectivity index (χ0) is 16.0. The molecule has 1 amide bonds. The molecule has 1 saturated heterocycles. The number of carbonyl (C=O) groups is 1. The third-order valence-corrected chi connectivity index (χ3v) is 6.79. The van der Waals surface area contributed by atoms with Crippen LogP contribution in [0.2, 0.25) is 0 Å². The van der Waals surface area contributed by atoms with Gasteiger partial charge in [0, 0.05) is 18.7 Å². The van der Waals surface area contributed by atoms with Crippen LogP contribution in [0.25, 0.3) is 0 Å². The Kier molecular flexibility index (Phi) is 6.61. The van der Waals surface area contributed by atoms with Crippen LogP contribution in [0.3, 0.4) is 0 Å². The first-order valence-corrected chi connectivity index (χ1v) is 11.0. The van der Waals surface area contributed by atoms with Crippen LogP contribution in [0.5, 0.6) is 0 Å². The summed E-state index contributed by atoms with van der Waals surface area (Å²) >= 11 is 3.89. The summed E-state index contributed by atoms with van der Waals surface area (Å²) in [6.45, 7) is 0.458. The molecule has 0 aromatic heterocycles. The molecule has 2 N–H and O–H groups in total. The van der Waals surface area contributed by atoms with E-state index < -0.39 is 10.0 Å². The fourth-order valence-electron chi connectivity index (χ4n) is 1.99. The van der Waals surface area contributed by atoms with E-state index in [9.17, 15) is 13.2 Å². The number of sulfonamides is 1. The third kappa shape index (κ3) is 5.83. The zero-order valence-electron chi connectivity index (χ0n) is 12.4. The van der Waals surface area contributed by atoms with Gasteiger partial charge in [-0.05, 0) is 35.6 Å². The molecule has 0 saturated carbocycles. The SMILES string of the molecule is CS(=O)(=O)NCCNC(=O)c1ccc(C2SCCCS2)cc1. The molecular weight excluding hydrogens is 340 g/mol. The lowest BCUT2D eigenvalue weighted by Gasteiger charge is -2.21. The molecule has 122 valence electrons. The normalized spacial score (nSPS) is 16.4. The molecule has 1 aromatic carbocycles. The molecule has 1 aliphatic heterocycles. The van der Waals surface area contributed by atoms with E-state index in [4.69, 9.17) is 0 Å². The van der Waals surface area contributed by atoms with Crippen molar-refractivity contribution >= 4 is 39.5 Å². The average molecular weight is 361 g/mol. The first-order valence-electron chi connectivity index (χ1n) is 7.02. The molecule has 0 atom stereocenters. The Morgan fingerprint density at radius 1 is 1.18 bits per heavy atom. The Balaban J connectivity index is 1.83. The smallest absolute Gasteiger partial charge is 0.251 e. The van der Waals surface area contributed by atoms with Crippen LogP contribution in [-0.2, 0) is 10.0 Å². The Morgan fingerprint density at radius 3 is 2.41 bits per heavy atom. The number of nitrogens with one attached hydrogen (secondary N) is 2. The predicted molar refractivity (Wildman–Crippen MR) is 93.9 cm³/mol. The lowest BCUT2D eigenvalue weighted by Crippen LogP contribution is -2.34. The molecule has 5 nitrogen and oxygen atoms in total. The lowest BCUT2D eigenvalue weighted by atomic mass is 10.1. The van der Waals surface area contributed by atoms with Crippen LogP contribution < -0.4 is 10.0 Å². The van der Waals surface area contributed by atoms with Gasteiger partial charge in [-0.1, -0.05) is 12.1 Å². The van der Waals surface area contributed by atoms with Gasteiger partial charge in [0.1, 0.15) is 0 Å². The number of carbonyl (C=O) groups excluding carboxylic acids is 1. The first-order chi connectivity index (χ1) is 10.5. The van der Waals surface area contributed by atoms with Gasteiger partial charge in [0.25, 0.3) is 5.91 Å². The summed E-state index contributed by atoms with van der Waals surface area (Å²) in [5.74, 6) is 2.19. The molecule has 0 spiro atoms. The summed E-state index contributed by atoms with van der Waals surface area (Å²) in [5.41, 5.74) is 1.83. The summed E-state index contributed by atoms with van der Waals surface area (Å²) in [7, 11) is -3.21. The van der Waals surface area contributed by atoms with Crippen molar-refractivity contribution in [2.24, 2.45) is 0 Å². The number of hydrogen-bond donors (Lipinski definition) is 2. The van der Waals surface area contributed by atoms with E-state index in [0.29, 0.717) is 10.1 Å². The van der Waals surface area contributed by atoms with Crippen molar-refractivity contribution in [1.82, 2.24) is 10.0 Å². The quantitative estimate of drug-likeness (QED) is 0.757.